The van der Waals surface area contributed by atoms with Gasteiger partial charge in [-0.25, -0.2) is 4.98 Å². The number of alkyl halides is 3. The molecule has 60 heavy (non-hydrogen) atoms. The van der Waals surface area contributed by atoms with Crippen LogP contribution >= 0.6 is 0 Å². The van der Waals surface area contributed by atoms with Gasteiger partial charge in [-0.1, -0.05) is 54.6 Å². The first kappa shape index (κ1) is 41.1. The Kier molecular flexibility index (Phi) is 11.8. The van der Waals surface area contributed by atoms with Crippen LogP contribution in [0, 0.1) is 29.6 Å². The summed E-state index contributed by atoms with van der Waals surface area (Å²) in [4.78, 5) is 57.7. The van der Waals surface area contributed by atoms with Crippen LogP contribution < -0.4 is 5.32 Å². The first-order valence-electron chi connectivity index (χ1n) is 20.6. The lowest BCUT2D eigenvalue weighted by atomic mass is 9.75. The van der Waals surface area contributed by atoms with Crippen molar-refractivity contribution in [3.8, 4) is 22.4 Å². The molecule has 1 saturated heterocycles. The molecule has 2 aliphatic carbocycles. The van der Waals surface area contributed by atoms with Crippen molar-refractivity contribution in [2.75, 3.05) is 20.8 Å². The molecule has 14 heteroatoms. The first-order chi connectivity index (χ1) is 28.9. The van der Waals surface area contributed by atoms with Crippen LogP contribution in [-0.2, 0) is 36.6 Å². The molecule has 4 aliphatic rings. The largest absolute Gasteiger partial charge is 0.469 e. The molecule has 8 rings (SSSR count). The van der Waals surface area contributed by atoms with E-state index in [1.165, 1.54) is 26.4 Å². The van der Waals surface area contributed by atoms with E-state index in [0.29, 0.717) is 24.7 Å². The van der Waals surface area contributed by atoms with Crippen LogP contribution in [0.2, 0.25) is 0 Å². The zero-order valence-corrected chi connectivity index (χ0v) is 33.9. The number of ether oxygens (including phenoxy) is 2. The normalized spacial score (nSPS) is 23.3. The quantitative estimate of drug-likeness (QED) is 0.130. The van der Waals surface area contributed by atoms with Crippen molar-refractivity contribution < 1.29 is 37.0 Å². The number of fused-ring (bicyclic) bond motifs is 2. The number of pyridine rings is 1. The molecule has 2 bridgehead atoms. The molecule has 11 nitrogen and oxygen atoms in total. The minimum atomic E-state index is -4.60. The van der Waals surface area contributed by atoms with E-state index in [1.807, 2.05) is 18.3 Å². The van der Waals surface area contributed by atoms with Crippen molar-refractivity contribution in [1.82, 2.24) is 25.2 Å². The van der Waals surface area contributed by atoms with E-state index in [-0.39, 0.29) is 54.1 Å². The van der Waals surface area contributed by atoms with Crippen molar-refractivity contribution >= 4 is 29.1 Å². The summed E-state index contributed by atoms with van der Waals surface area (Å²) in [5.41, 5.74) is 5.97. The molecule has 0 spiro atoms. The molecule has 2 amide bonds. The molecule has 314 valence electrons. The van der Waals surface area contributed by atoms with Crippen LogP contribution in [0.25, 0.3) is 28.0 Å². The van der Waals surface area contributed by atoms with Crippen LogP contribution in [0.4, 0.5) is 13.2 Å². The number of rotatable bonds is 13. The van der Waals surface area contributed by atoms with Crippen molar-refractivity contribution in [3.05, 3.63) is 102 Å². The number of nitrogens with zero attached hydrogens (tertiary/aromatic N) is 4. The lowest BCUT2D eigenvalue weighted by molar-refractivity contribution is -0.151. The van der Waals surface area contributed by atoms with Gasteiger partial charge in [0.2, 0.25) is 11.8 Å². The third-order valence-corrected chi connectivity index (χ3v) is 13.1. The molecule has 2 N–H and O–H groups in total. The second kappa shape index (κ2) is 17.2. The minimum absolute atomic E-state index is 0.0353. The predicted octanol–water partition coefficient (Wildman–Crippen LogP) is 8.20. The SMILES string of the molecule is COC(=O)C[C@H](C(=O)N1CCC[C@H]1c1ncc(-c2ccc(-c3ccc(C4=CN=C([C@@H]5C6CCC(C6)[C@H]5C(=O)NCc5cccnc5C(F)(F)F)C4)cc3)cc2)[nH]1)[C@@H](C)OC. The summed E-state index contributed by atoms with van der Waals surface area (Å²) in [5, 5.41) is 2.82. The molecule has 4 aromatic rings. The number of aromatic amines is 1. The fourth-order valence-electron chi connectivity index (χ4n) is 9.89. The Morgan fingerprint density at radius 1 is 0.933 bits per heavy atom. The minimum Gasteiger partial charge on any atom is -0.469 e. The topological polar surface area (TPSA) is 139 Å². The van der Waals surface area contributed by atoms with E-state index in [2.05, 4.69) is 56.7 Å². The number of esters is 1. The van der Waals surface area contributed by atoms with Gasteiger partial charge in [0.25, 0.3) is 0 Å². The van der Waals surface area contributed by atoms with Gasteiger partial charge in [0.15, 0.2) is 0 Å². The Bertz CT molecular complexity index is 2290. The Balaban J connectivity index is 0.888. The van der Waals surface area contributed by atoms with Gasteiger partial charge in [-0.3, -0.25) is 24.4 Å². The zero-order valence-electron chi connectivity index (χ0n) is 33.9. The van der Waals surface area contributed by atoms with Gasteiger partial charge in [0.1, 0.15) is 11.5 Å². The lowest BCUT2D eigenvalue weighted by Crippen LogP contribution is -2.41. The van der Waals surface area contributed by atoms with E-state index >= 15 is 0 Å². The number of allylic oxidation sites excluding steroid dienone is 1. The lowest BCUT2D eigenvalue weighted by Gasteiger charge is -2.30. The summed E-state index contributed by atoms with van der Waals surface area (Å²) in [7, 11) is 2.84. The number of hydrogen-bond donors (Lipinski definition) is 2. The summed E-state index contributed by atoms with van der Waals surface area (Å²) in [5.74, 6) is -0.588. The number of amides is 2. The van der Waals surface area contributed by atoms with Gasteiger partial charge in [0, 0.05) is 62.1 Å². The summed E-state index contributed by atoms with van der Waals surface area (Å²) in [6.07, 6.45) is 4.80. The number of methoxy groups -OCH3 is 2. The molecule has 2 aliphatic heterocycles. The van der Waals surface area contributed by atoms with Crippen LogP contribution in [0.15, 0.2) is 84.2 Å². The molecule has 2 aromatic heterocycles. The predicted molar refractivity (Wildman–Crippen MR) is 219 cm³/mol. The third kappa shape index (κ3) is 8.26. The monoisotopic (exact) mass is 822 g/mol. The highest BCUT2D eigenvalue weighted by Gasteiger charge is 2.53. The number of carbonyl (C=O) groups is 3. The average Bonchev–Trinajstić information content (AvgIpc) is 4.13. The van der Waals surface area contributed by atoms with Crippen molar-refractivity contribution in [2.24, 2.45) is 34.6 Å². The van der Waals surface area contributed by atoms with Crippen LogP contribution in [0.1, 0.15) is 80.6 Å². The number of imidazole rings is 1. The molecule has 3 fully saturated rings. The molecule has 0 radical (unpaired) electrons. The number of aromatic nitrogens is 3. The second-order valence-electron chi connectivity index (χ2n) is 16.4. The van der Waals surface area contributed by atoms with E-state index in [4.69, 9.17) is 14.5 Å². The first-order valence-corrected chi connectivity index (χ1v) is 20.6. The smallest absolute Gasteiger partial charge is 0.433 e. The number of benzene rings is 2. The second-order valence-corrected chi connectivity index (χ2v) is 16.4. The number of carbonyl (C=O) groups excluding carboxylic acids is 3. The van der Waals surface area contributed by atoms with E-state index < -0.39 is 29.9 Å². The van der Waals surface area contributed by atoms with E-state index in [1.54, 1.807) is 18.0 Å². The van der Waals surface area contributed by atoms with Gasteiger partial charge in [0.05, 0.1) is 43.5 Å². The van der Waals surface area contributed by atoms with E-state index in [9.17, 15) is 27.6 Å². The molecule has 2 saturated carbocycles. The van der Waals surface area contributed by atoms with Gasteiger partial charge in [-0.2, -0.15) is 13.2 Å². The highest BCUT2D eigenvalue weighted by atomic mass is 19.4. The highest BCUT2D eigenvalue weighted by Crippen LogP contribution is 2.54. The number of H-pyrrole nitrogens is 1. The molecule has 7 atom stereocenters. The average molecular weight is 823 g/mol. The molecule has 2 unspecified atom stereocenters. The van der Waals surface area contributed by atoms with E-state index in [0.717, 1.165) is 77.5 Å². The maximum absolute atomic E-state index is 13.7. The van der Waals surface area contributed by atoms with Gasteiger partial charge in [-0.05, 0) is 84.8 Å². The number of likely N-dealkylation sites (tertiary alicyclic amines) is 1. The van der Waals surface area contributed by atoms with Crippen LogP contribution in [0.5, 0.6) is 0 Å². The third-order valence-electron chi connectivity index (χ3n) is 13.1. The fourth-order valence-corrected chi connectivity index (χ4v) is 9.89. The molecular weight excluding hydrogens is 774 g/mol. The Morgan fingerprint density at radius 3 is 2.33 bits per heavy atom. The van der Waals surface area contributed by atoms with Crippen LogP contribution in [-0.4, -0.2) is 70.2 Å². The molecule has 4 heterocycles. The Hall–Kier alpha value is -5.63. The highest BCUT2D eigenvalue weighted by molar-refractivity contribution is 6.02. The van der Waals surface area contributed by atoms with Gasteiger partial charge in [-0.15, -0.1) is 0 Å². The Morgan fingerprint density at radius 2 is 1.63 bits per heavy atom. The number of aliphatic imine (C=N–C) groups is 1. The molecule has 2 aromatic carbocycles. The standard InChI is InChI=1S/C46H49F3N6O5/c1-26(59-2)35(22-39(56)60-3)45(58)55-19-5-7-38(55)43-52-25-37(54-43)30-14-12-28(13-15-30)27-8-10-29(11-9-27)34-21-36(51-24-34)40-31-16-17-32(20-31)41(40)44(57)53-23-33-6-4-18-50-42(33)46(47,48)49/h4,6,8-15,18,24-26,31-32,35,38,40-41H,5,7,16-17,19-23H2,1-3H3,(H,52,54)(H,53,57)/t26-,31?,32?,35+,38+,40+,41-/m1/s1. The summed E-state index contributed by atoms with van der Waals surface area (Å²) in [6, 6.07) is 19.1. The summed E-state index contributed by atoms with van der Waals surface area (Å²) in [6.45, 7) is 2.13. The van der Waals surface area contributed by atoms with Crippen molar-refractivity contribution in [3.63, 3.8) is 0 Å². The maximum Gasteiger partial charge on any atom is 0.433 e. The Labute approximate surface area is 346 Å². The summed E-state index contributed by atoms with van der Waals surface area (Å²) >= 11 is 0. The maximum atomic E-state index is 13.7. The summed E-state index contributed by atoms with van der Waals surface area (Å²) < 4.78 is 50.9. The number of halogens is 3. The number of nitrogens with one attached hydrogen (secondary N) is 2. The van der Waals surface area contributed by atoms with Gasteiger partial charge < -0.3 is 24.7 Å². The van der Waals surface area contributed by atoms with Crippen LogP contribution in [0.3, 0.4) is 0 Å². The van der Waals surface area contributed by atoms with Gasteiger partial charge >= 0.3 is 12.1 Å². The van der Waals surface area contributed by atoms with Crippen molar-refractivity contribution in [1.29, 1.82) is 0 Å². The molecular formula is C46H49F3N6O5. The van der Waals surface area contributed by atoms with Crippen molar-refractivity contribution in [2.45, 2.75) is 76.7 Å². The number of hydrogen-bond acceptors (Lipinski definition) is 8. The fraction of sp³-hybridized carbons (Fsp3) is 0.435. The zero-order chi connectivity index (χ0) is 42.1.